The maximum atomic E-state index is 11.8. The Balaban J connectivity index is 2.12. The molecule has 100 valence electrons. The Morgan fingerprint density at radius 3 is 2.41 bits per heavy atom. The van der Waals surface area contributed by atoms with Gasteiger partial charge in [0.15, 0.2) is 0 Å². The lowest BCUT2D eigenvalue weighted by Crippen LogP contribution is -2.44. The van der Waals surface area contributed by atoms with E-state index in [0.29, 0.717) is 12.8 Å². The summed E-state index contributed by atoms with van der Waals surface area (Å²) in [7, 11) is 0. The predicted molar refractivity (Wildman–Crippen MR) is 55.4 cm³/mol. The Kier molecular flexibility index (Phi) is 4.76. The standard InChI is InChI=1S/C10H17F3N2O2/c11-10(12,13)7-15-8(16)5-14-6-9(17)3-1-2-4-9/h14,17H,1-7H2,(H,15,16). The molecule has 0 aromatic carbocycles. The van der Waals surface area contributed by atoms with E-state index in [1.165, 1.54) is 0 Å². The average Bonchev–Trinajstić information content (AvgIpc) is 2.61. The molecule has 1 aliphatic carbocycles. The molecule has 0 heterocycles. The van der Waals surface area contributed by atoms with Gasteiger partial charge in [0.2, 0.25) is 5.91 Å². The highest BCUT2D eigenvalue weighted by molar-refractivity contribution is 5.78. The van der Waals surface area contributed by atoms with E-state index in [1.54, 1.807) is 5.32 Å². The molecule has 0 aliphatic heterocycles. The fourth-order valence-electron chi connectivity index (χ4n) is 1.88. The van der Waals surface area contributed by atoms with Crippen molar-refractivity contribution in [2.45, 2.75) is 37.5 Å². The largest absolute Gasteiger partial charge is 0.405 e. The molecule has 1 aliphatic rings. The van der Waals surface area contributed by atoms with Crippen molar-refractivity contribution in [3.8, 4) is 0 Å². The van der Waals surface area contributed by atoms with Gasteiger partial charge in [0.05, 0.1) is 12.1 Å². The summed E-state index contributed by atoms with van der Waals surface area (Å²) in [4.78, 5) is 11.0. The van der Waals surface area contributed by atoms with E-state index in [4.69, 9.17) is 0 Å². The SMILES string of the molecule is O=C(CNCC1(O)CCCC1)NCC(F)(F)F. The zero-order valence-electron chi connectivity index (χ0n) is 9.44. The summed E-state index contributed by atoms with van der Waals surface area (Å²) in [6.07, 6.45) is -1.16. The van der Waals surface area contributed by atoms with Crippen molar-refractivity contribution in [1.82, 2.24) is 10.6 Å². The fourth-order valence-corrected chi connectivity index (χ4v) is 1.88. The van der Waals surface area contributed by atoms with Gasteiger partial charge in [0.25, 0.3) is 0 Å². The Morgan fingerprint density at radius 2 is 1.88 bits per heavy atom. The zero-order valence-corrected chi connectivity index (χ0v) is 9.44. The van der Waals surface area contributed by atoms with Gasteiger partial charge in [0, 0.05) is 6.54 Å². The topological polar surface area (TPSA) is 61.4 Å². The van der Waals surface area contributed by atoms with Crippen molar-refractivity contribution in [2.75, 3.05) is 19.6 Å². The molecule has 3 N–H and O–H groups in total. The van der Waals surface area contributed by atoms with E-state index in [0.717, 1.165) is 12.8 Å². The Morgan fingerprint density at radius 1 is 1.29 bits per heavy atom. The van der Waals surface area contributed by atoms with Gasteiger partial charge in [-0.15, -0.1) is 0 Å². The minimum Gasteiger partial charge on any atom is -0.389 e. The number of rotatable bonds is 5. The van der Waals surface area contributed by atoms with Crippen molar-refractivity contribution in [2.24, 2.45) is 0 Å². The lowest BCUT2D eigenvalue weighted by molar-refractivity contribution is -0.138. The van der Waals surface area contributed by atoms with Crippen LogP contribution in [0.3, 0.4) is 0 Å². The van der Waals surface area contributed by atoms with Crippen LogP contribution >= 0.6 is 0 Å². The molecule has 0 spiro atoms. The van der Waals surface area contributed by atoms with Crippen molar-refractivity contribution in [3.05, 3.63) is 0 Å². The Bertz CT molecular complexity index is 263. The second-order valence-corrected chi connectivity index (χ2v) is 4.43. The molecule has 0 saturated heterocycles. The van der Waals surface area contributed by atoms with E-state index in [2.05, 4.69) is 5.32 Å². The zero-order chi connectivity index (χ0) is 12.9. The first kappa shape index (κ1) is 14.2. The predicted octanol–water partition coefficient (Wildman–Crippen LogP) is 0.560. The van der Waals surface area contributed by atoms with Gasteiger partial charge < -0.3 is 15.7 Å². The van der Waals surface area contributed by atoms with Crippen LogP contribution in [0.15, 0.2) is 0 Å². The second-order valence-electron chi connectivity index (χ2n) is 4.43. The van der Waals surface area contributed by atoms with Gasteiger partial charge in [0.1, 0.15) is 6.54 Å². The number of halogens is 3. The normalized spacial score (nSPS) is 19.3. The number of aliphatic hydroxyl groups is 1. The third kappa shape index (κ3) is 5.88. The van der Waals surface area contributed by atoms with Crippen LogP contribution in [0.5, 0.6) is 0 Å². The highest BCUT2D eigenvalue weighted by atomic mass is 19.4. The second kappa shape index (κ2) is 5.68. The van der Waals surface area contributed by atoms with Crippen LogP contribution in [0.1, 0.15) is 25.7 Å². The number of alkyl halides is 3. The Hall–Kier alpha value is -0.820. The van der Waals surface area contributed by atoms with Crippen LogP contribution in [0, 0.1) is 0 Å². The maximum absolute atomic E-state index is 11.8. The molecular formula is C10H17F3N2O2. The summed E-state index contributed by atoms with van der Waals surface area (Å²) in [6.45, 7) is -1.29. The fraction of sp³-hybridized carbons (Fsp3) is 0.900. The molecule has 0 aromatic heterocycles. The summed E-state index contributed by atoms with van der Waals surface area (Å²) in [5.41, 5.74) is -0.801. The van der Waals surface area contributed by atoms with E-state index >= 15 is 0 Å². The molecule has 0 unspecified atom stereocenters. The molecule has 7 heteroatoms. The van der Waals surface area contributed by atoms with Crippen molar-refractivity contribution in [3.63, 3.8) is 0 Å². The molecule has 1 rings (SSSR count). The first-order valence-corrected chi connectivity index (χ1v) is 5.57. The third-order valence-electron chi connectivity index (χ3n) is 2.76. The number of nitrogens with one attached hydrogen (secondary N) is 2. The number of carbonyl (C=O) groups excluding carboxylic acids is 1. The van der Waals surface area contributed by atoms with Gasteiger partial charge in [-0.05, 0) is 12.8 Å². The van der Waals surface area contributed by atoms with Gasteiger partial charge in [-0.3, -0.25) is 4.79 Å². The van der Waals surface area contributed by atoms with Crippen molar-refractivity contribution < 1.29 is 23.1 Å². The highest BCUT2D eigenvalue weighted by Crippen LogP contribution is 2.28. The molecule has 4 nitrogen and oxygen atoms in total. The number of hydrogen-bond donors (Lipinski definition) is 3. The van der Waals surface area contributed by atoms with Gasteiger partial charge in [-0.1, -0.05) is 12.8 Å². The maximum Gasteiger partial charge on any atom is 0.405 e. The van der Waals surface area contributed by atoms with Crippen LogP contribution in [-0.4, -0.2) is 42.4 Å². The van der Waals surface area contributed by atoms with Crippen molar-refractivity contribution >= 4 is 5.91 Å². The number of hydrogen-bond acceptors (Lipinski definition) is 3. The summed E-state index contributed by atoms with van der Waals surface area (Å²) in [6, 6.07) is 0. The molecule has 17 heavy (non-hydrogen) atoms. The van der Waals surface area contributed by atoms with Crippen LogP contribution in [0.25, 0.3) is 0 Å². The average molecular weight is 254 g/mol. The molecule has 1 saturated carbocycles. The molecular weight excluding hydrogens is 237 g/mol. The van der Waals surface area contributed by atoms with E-state index < -0.39 is 24.2 Å². The quantitative estimate of drug-likeness (QED) is 0.672. The third-order valence-corrected chi connectivity index (χ3v) is 2.76. The highest BCUT2D eigenvalue weighted by Gasteiger charge is 2.31. The smallest absolute Gasteiger partial charge is 0.389 e. The van der Waals surface area contributed by atoms with Crippen LogP contribution in [0.4, 0.5) is 13.2 Å². The van der Waals surface area contributed by atoms with E-state index in [1.807, 2.05) is 0 Å². The van der Waals surface area contributed by atoms with Gasteiger partial charge >= 0.3 is 6.18 Å². The van der Waals surface area contributed by atoms with Crippen LogP contribution in [-0.2, 0) is 4.79 Å². The lowest BCUT2D eigenvalue weighted by Gasteiger charge is -2.22. The lowest BCUT2D eigenvalue weighted by atomic mass is 10.0. The first-order valence-electron chi connectivity index (χ1n) is 5.57. The van der Waals surface area contributed by atoms with Crippen LogP contribution < -0.4 is 10.6 Å². The summed E-state index contributed by atoms with van der Waals surface area (Å²) >= 11 is 0. The number of carbonyl (C=O) groups is 1. The minimum absolute atomic E-state index is 0.210. The van der Waals surface area contributed by atoms with Gasteiger partial charge in [-0.2, -0.15) is 13.2 Å². The summed E-state index contributed by atoms with van der Waals surface area (Å²) in [5.74, 6) is -0.719. The molecule has 0 bridgehead atoms. The minimum atomic E-state index is -4.39. The van der Waals surface area contributed by atoms with Crippen LogP contribution in [0.2, 0.25) is 0 Å². The Labute approximate surface area is 97.6 Å². The molecule has 0 radical (unpaired) electrons. The van der Waals surface area contributed by atoms with Crippen molar-refractivity contribution in [1.29, 1.82) is 0 Å². The molecule has 1 fully saturated rings. The summed E-state index contributed by atoms with van der Waals surface area (Å²) < 4.78 is 35.3. The van der Waals surface area contributed by atoms with Gasteiger partial charge in [-0.25, -0.2) is 0 Å². The molecule has 0 aromatic rings. The summed E-state index contributed by atoms with van der Waals surface area (Å²) in [5, 5.41) is 14.3. The molecule has 0 atom stereocenters. The first-order chi connectivity index (χ1) is 7.81. The van der Waals surface area contributed by atoms with E-state index in [-0.39, 0.29) is 13.1 Å². The molecule has 1 amide bonds. The monoisotopic (exact) mass is 254 g/mol. The number of amides is 1. The van der Waals surface area contributed by atoms with E-state index in [9.17, 15) is 23.1 Å².